The van der Waals surface area contributed by atoms with Gasteiger partial charge in [-0.25, -0.2) is 4.18 Å². The summed E-state index contributed by atoms with van der Waals surface area (Å²) < 4.78 is 90.5. The first-order chi connectivity index (χ1) is 17.8. The van der Waals surface area contributed by atoms with Gasteiger partial charge in [-0.2, -0.15) is 8.42 Å². The summed E-state index contributed by atoms with van der Waals surface area (Å²) in [6.07, 6.45) is 11.3. The molecule has 0 aliphatic heterocycles. The summed E-state index contributed by atoms with van der Waals surface area (Å²) in [5.74, 6) is -1.33. The van der Waals surface area contributed by atoms with Crippen LogP contribution in [0.15, 0.2) is 35.5 Å². The van der Waals surface area contributed by atoms with Crippen molar-refractivity contribution in [3.63, 3.8) is 0 Å². The van der Waals surface area contributed by atoms with E-state index in [-0.39, 0.29) is 17.8 Å². The van der Waals surface area contributed by atoms with Crippen molar-refractivity contribution in [3.8, 4) is 0 Å². The van der Waals surface area contributed by atoms with Crippen molar-refractivity contribution in [1.82, 2.24) is 0 Å². The van der Waals surface area contributed by atoms with E-state index in [2.05, 4.69) is 26.5 Å². The van der Waals surface area contributed by atoms with Crippen molar-refractivity contribution in [2.24, 2.45) is 29.1 Å². The monoisotopic (exact) mass is 471 g/mol. The minimum atomic E-state index is -4.50. The van der Waals surface area contributed by atoms with Crippen molar-refractivity contribution in [2.45, 2.75) is 104 Å². The molecular weight excluding hydrogens is 420 g/mol. The molecule has 0 heterocycles. The Labute approximate surface area is 206 Å². The molecule has 3 rings (SSSR count). The molecule has 0 bridgehead atoms. The van der Waals surface area contributed by atoms with Gasteiger partial charge in [0.15, 0.2) is 0 Å². The van der Waals surface area contributed by atoms with Crippen LogP contribution < -0.4 is 0 Å². The van der Waals surface area contributed by atoms with Gasteiger partial charge in [-0.3, -0.25) is 4.55 Å². The summed E-state index contributed by atoms with van der Waals surface area (Å²) in [5.41, 5.74) is 3.37. The molecule has 1 N–H and O–H groups in total. The van der Waals surface area contributed by atoms with Crippen LogP contribution in [0.2, 0.25) is 0 Å². The van der Waals surface area contributed by atoms with Crippen LogP contribution in [0.4, 0.5) is 0 Å². The molecule has 182 valence electrons. The maximum atomic E-state index is 11.2. The molecule has 5 heteroatoms. The van der Waals surface area contributed by atoms with Crippen molar-refractivity contribution >= 4 is 10.4 Å². The first-order valence-electron chi connectivity index (χ1n) is 15.5. The molecule has 3 aliphatic rings. The van der Waals surface area contributed by atoms with Gasteiger partial charge in [-0.1, -0.05) is 76.7 Å². The van der Waals surface area contributed by atoms with Crippen LogP contribution in [0, 0.1) is 29.1 Å². The van der Waals surface area contributed by atoms with Crippen LogP contribution in [0.1, 0.15) is 108 Å². The second-order valence-corrected chi connectivity index (χ2v) is 11.4. The van der Waals surface area contributed by atoms with E-state index < -0.39 is 36.1 Å². The summed E-state index contributed by atoms with van der Waals surface area (Å²) in [6.45, 7) is 2.92. The maximum Gasteiger partial charge on any atom is 0.397 e. The number of allylic oxidation sites excluding steroid dienone is 4. The molecular formula is C27H44O4S. The van der Waals surface area contributed by atoms with Crippen LogP contribution in [-0.2, 0) is 14.6 Å². The van der Waals surface area contributed by atoms with Gasteiger partial charge in [0.05, 0.1) is 6.10 Å². The Hall–Kier alpha value is -0.910. The van der Waals surface area contributed by atoms with Crippen molar-refractivity contribution in [3.05, 3.63) is 35.5 Å². The number of hydrogen-bond acceptors (Lipinski definition) is 3. The highest BCUT2D eigenvalue weighted by Crippen LogP contribution is 2.60. The topological polar surface area (TPSA) is 63.6 Å². The van der Waals surface area contributed by atoms with Gasteiger partial charge in [0.25, 0.3) is 0 Å². The Morgan fingerprint density at radius 3 is 2.78 bits per heavy atom. The highest BCUT2D eigenvalue weighted by molar-refractivity contribution is 7.80. The van der Waals surface area contributed by atoms with Crippen molar-refractivity contribution in [1.29, 1.82) is 0 Å². The fraction of sp³-hybridized carbons (Fsp3) is 0.778. The molecule has 0 aromatic rings. The normalized spacial score (nSPS) is 39.3. The molecule has 4 nitrogen and oxygen atoms in total. The highest BCUT2D eigenvalue weighted by Gasteiger charge is 2.50. The molecule has 0 amide bonds. The smallest absolute Gasteiger partial charge is 0.264 e. The average molecular weight is 472 g/mol. The Morgan fingerprint density at radius 2 is 2.06 bits per heavy atom. The molecule has 0 aromatic heterocycles. The van der Waals surface area contributed by atoms with Crippen LogP contribution in [0.5, 0.6) is 0 Å². The summed E-state index contributed by atoms with van der Waals surface area (Å²) in [5, 5.41) is 0. The third-order valence-electron chi connectivity index (χ3n) is 8.24. The molecule has 0 saturated heterocycles. The summed E-state index contributed by atoms with van der Waals surface area (Å²) >= 11 is 0. The predicted octanol–water partition coefficient (Wildman–Crippen LogP) is 7.45. The van der Waals surface area contributed by atoms with Gasteiger partial charge in [0.2, 0.25) is 0 Å². The van der Waals surface area contributed by atoms with Crippen LogP contribution in [0.25, 0.3) is 0 Å². The first-order valence-corrected chi connectivity index (χ1v) is 13.4. The van der Waals surface area contributed by atoms with E-state index in [4.69, 9.17) is 18.3 Å². The zero-order valence-electron chi connectivity index (χ0n) is 26.5. The number of rotatable bonds is 8. The van der Waals surface area contributed by atoms with E-state index in [0.29, 0.717) is 43.9 Å². The van der Waals surface area contributed by atoms with E-state index in [1.165, 1.54) is 5.57 Å². The molecule has 3 aliphatic carbocycles. The van der Waals surface area contributed by atoms with Crippen molar-refractivity contribution < 1.29 is 26.7 Å². The molecule has 0 radical (unpaired) electrons. The molecule has 5 atom stereocenters. The lowest BCUT2D eigenvalue weighted by molar-refractivity contribution is 0.0929. The Balaban J connectivity index is 1.69. The van der Waals surface area contributed by atoms with Crippen molar-refractivity contribution in [2.75, 3.05) is 0 Å². The maximum absolute atomic E-state index is 11.2. The summed E-state index contributed by atoms with van der Waals surface area (Å²) in [7, 11) is -4.50. The molecule has 3 fully saturated rings. The quantitative estimate of drug-likeness (QED) is 0.373. The summed E-state index contributed by atoms with van der Waals surface area (Å²) in [6, 6.07) is 0. The molecule has 0 aromatic carbocycles. The average Bonchev–Trinajstić information content (AvgIpc) is 3.14. The molecule has 3 saturated carbocycles. The van der Waals surface area contributed by atoms with E-state index in [9.17, 15) is 8.42 Å². The molecule has 0 spiro atoms. The Bertz CT molecular complexity index is 1060. The van der Waals surface area contributed by atoms with Crippen LogP contribution in [-0.4, -0.2) is 19.1 Å². The fourth-order valence-electron chi connectivity index (χ4n) is 6.65. The number of fused-ring (bicyclic) bond motifs is 1. The minimum Gasteiger partial charge on any atom is -0.264 e. The van der Waals surface area contributed by atoms with Gasteiger partial charge in [-0.05, 0) is 79.6 Å². The van der Waals surface area contributed by atoms with Crippen LogP contribution >= 0.6 is 0 Å². The zero-order chi connectivity index (χ0) is 29.4. The van der Waals surface area contributed by atoms with Gasteiger partial charge >= 0.3 is 10.4 Å². The lowest BCUT2D eigenvalue weighted by Crippen LogP contribution is -2.36. The van der Waals surface area contributed by atoms with E-state index in [0.717, 1.165) is 43.3 Å². The third-order valence-corrected chi connectivity index (χ3v) is 8.75. The van der Waals surface area contributed by atoms with Gasteiger partial charge in [0, 0.05) is 16.0 Å². The summed E-state index contributed by atoms with van der Waals surface area (Å²) in [4.78, 5) is 0. The highest BCUT2D eigenvalue weighted by atomic mass is 32.3. The minimum absolute atomic E-state index is 0.0916. The zero-order valence-corrected chi connectivity index (χ0v) is 20.3. The Kier molecular flexibility index (Phi) is 5.78. The lowest BCUT2D eigenvalue weighted by Gasteiger charge is -2.44. The van der Waals surface area contributed by atoms with Gasteiger partial charge in [-0.15, -0.1) is 0 Å². The predicted molar refractivity (Wildman–Crippen MR) is 132 cm³/mol. The molecule has 32 heavy (non-hydrogen) atoms. The van der Waals surface area contributed by atoms with Gasteiger partial charge in [0.1, 0.15) is 0 Å². The van der Waals surface area contributed by atoms with Gasteiger partial charge < -0.3 is 0 Å². The third kappa shape index (κ3) is 6.36. The SMILES string of the molecule is [2H]C([2H])([2H])C([2H])(CCC[C@@H](C)[C@H]1CC[C@H]2/C(=C/C=C3/C[C@@H](OS(=O)(=O)O)CCC3=C)CCC[C@]12C)C([2H])([2H])[2H]. The lowest BCUT2D eigenvalue weighted by atomic mass is 9.60. The van der Waals surface area contributed by atoms with E-state index >= 15 is 0 Å². The first kappa shape index (κ1) is 17.5. The Morgan fingerprint density at radius 1 is 1.28 bits per heavy atom. The van der Waals surface area contributed by atoms with Crippen LogP contribution in [0.3, 0.4) is 0 Å². The second kappa shape index (κ2) is 10.6. The fourth-order valence-corrected chi connectivity index (χ4v) is 7.16. The number of hydrogen-bond donors (Lipinski definition) is 1. The second-order valence-electron chi connectivity index (χ2n) is 10.4. The molecule has 0 unspecified atom stereocenters. The standard InChI is InChI=1S/C27H44O4S/c1-19(2)8-6-9-21(4)25-15-16-26-22(10-7-17-27(25,26)5)12-13-23-18-24(14-11-20(23)3)31-32(28,29)30/h12-13,19,21,24-26H,3,6-11,14-18H2,1-2,4-5H3,(H,28,29,30)/b22-12+,23-13-/t21-,24+,25-,26+,27-/m1/s1/i1D3,2D3,19D. The van der Waals surface area contributed by atoms with E-state index in [1.807, 2.05) is 6.08 Å². The largest absolute Gasteiger partial charge is 0.397 e. The van der Waals surface area contributed by atoms with E-state index in [1.54, 1.807) is 0 Å².